The maximum Gasteiger partial charge on any atom is 0.119 e. The Morgan fingerprint density at radius 1 is 1.27 bits per heavy atom. The zero-order chi connectivity index (χ0) is 11.3. The molecule has 1 aromatic rings. The lowest BCUT2D eigenvalue weighted by molar-refractivity contribution is 0.413. The lowest BCUT2D eigenvalue weighted by Gasteiger charge is -2.14. The minimum atomic E-state index is 0.290. The molecule has 2 N–H and O–H groups in total. The fourth-order valence-electron chi connectivity index (χ4n) is 1.63. The highest BCUT2D eigenvalue weighted by Crippen LogP contribution is 2.24. The van der Waals surface area contributed by atoms with Crippen molar-refractivity contribution in [3.63, 3.8) is 0 Å². The van der Waals surface area contributed by atoms with Gasteiger partial charge in [0.05, 0.1) is 7.11 Å². The van der Waals surface area contributed by atoms with Crippen molar-refractivity contribution in [1.82, 2.24) is 0 Å². The first-order valence-electron chi connectivity index (χ1n) is 5.53. The van der Waals surface area contributed by atoms with Crippen LogP contribution in [0, 0.1) is 0 Å². The molecule has 0 spiro atoms. The van der Waals surface area contributed by atoms with Crippen LogP contribution in [0.2, 0.25) is 0 Å². The smallest absolute Gasteiger partial charge is 0.119 e. The Balaban J connectivity index is 2.60. The van der Waals surface area contributed by atoms with Gasteiger partial charge in [-0.05, 0) is 43.4 Å². The monoisotopic (exact) mass is 207 g/mol. The Hall–Kier alpha value is -1.02. The molecule has 0 fully saturated rings. The van der Waals surface area contributed by atoms with Gasteiger partial charge in [-0.25, -0.2) is 0 Å². The van der Waals surface area contributed by atoms with Gasteiger partial charge in [0.1, 0.15) is 5.75 Å². The molecule has 0 saturated carbocycles. The molecular formula is C13H21NO. The van der Waals surface area contributed by atoms with Crippen molar-refractivity contribution in [3.8, 4) is 5.75 Å². The molecule has 2 heteroatoms. The standard InChI is InChI=1S/C13H21NO/c1-10(7-8-11(2)14)12-5-4-6-13(9-12)15-3/h4-6,9-11H,7-8,14H2,1-3H3. The van der Waals surface area contributed by atoms with Crippen LogP contribution in [0.25, 0.3) is 0 Å². The summed E-state index contributed by atoms with van der Waals surface area (Å²) in [5.74, 6) is 1.48. The van der Waals surface area contributed by atoms with Gasteiger partial charge in [0, 0.05) is 6.04 Å². The van der Waals surface area contributed by atoms with Crippen LogP contribution in [-0.2, 0) is 0 Å². The third-order valence-corrected chi connectivity index (χ3v) is 2.72. The summed E-state index contributed by atoms with van der Waals surface area (Å²) in [5, 5.41) is 0. The third-order valence-electron chi connectivity index (χ3n) is 2.72. The molecule has 0 radical (unpaired) electrons. The molecule has 2 unspecified atom stereocenters. The van der Waals surface area contributed by atoms with Crippen molar-refractivity contribution in [2.45, 2.75) is 38.6 Å². The number of hydrogen-bond donors (Lipinski definition) is 1. The van der Waals surface area contributed by atoms with E-state index in [-0.39, 0.29) is 6.04 Å². The maximum atomic E-state index is 5.75. The molecule has 2 nitrogen and oxygen atoms in total. The molecule has 15 heavy (non-hydrogen) atoms. The van der Waals surface area contributed by atoms with Crippen LogP contribution in [-0.4, -0.2) is 13.2 Å². The number of ether oxygens (including phenoxy) is 1. The Kier molecular flexibility index (Phi) is 4.63. The van der Waals surface area contributed by atoms with Gasteiger partial charge in [-0.1, -0.05) is 19.1 Å². The summed E-state index contributed by atoms with van der Waals surface area (Å²) >= 11 is 0. The molecule has 0 bridgehead atoms. The van der Waals surface area contributed by atoms with Crippen LogP contribution in [0.5, 0.6) is 5.75 Å². The van der Waals surface area contributed by atoms with Crippen LogP contribution < -0.4 is 10.5 Å². The van der Waals surface area contributed by atoms with Gasteiger partial charge in [-0.15, -0.1) is 0 Å². The van der Waals surface area contributed by atoms with Crippen LogP contribution >= 0.6 is 0 Å². The van der Waals surface area contributed by atoms with Gasteiger partial charge in [-0.2, -0.15) is 0 Å². The Morgan fingerprint density at radius 2 is 2.00 bits per heavy atom. The van der Waals surface area contributed by atoms with E-state index in [1.165, 1.54) is 5.56 Å². The number of hydrogen-bond acceptors (Lipinski definition) is 2. The van der Waals surface area contributed by atoms with Crippen LogP contribution in [0.1, 0.15) is 38.2 Å². The predicted molar refractivity (Wildman–Crippen MR) is 64.3 cm³/mol. The zero-order valence-corrected chi connectivity index (χ0v) is 9.86. The lowest BCUT2D eigenvalue weighted by atomic mass is 9.94. The van der Waals surface area contributed by atoms with Gasteiger partial charge < -0.3 is 10.5 Å². The van der Waals surface area contributed by atoms with Gasteiger partial charge in [0.15, 0.2) is 0 Å². The normalized spacial score (nSPS) is 14.7. The van der Waals surface area contributed by atoms with E-state index in [0.29, 0.717) is 5.92 Å². The molecule has 84 valence electrons. The molecule has 0 aliphatic carbocycles. The fraction of sp³-hybridized carbons (Fsp3) is 0.538. The lowest BCUT2D eigenvalue weighted by Crippen LogP contribution is -2.15. The van der Waals surface area contributed by atoms with E-state index >= 15 is 0 Å². The first-order valence-corrected chi connectivity index (χ1v) is 5.53. The summed E-state index contributed by atoms with van der Waals surface area (Å²) in [6, 6.07) is 8.55. The second kappa shape index (κ2) is 5.76. The second-order valence-corrected chi connectivity index (χ2v) is 4.23. The van der Waals surface area contributed by atoms with Crippen molar-refractivity contribution in [2.75, 3.05) is 7.11 Å². The Bertz CT molecular complexity index is 296. The molecule has 1 aromatic carbocycles. The maximum absolute atomic E-state index is 5.75. The van der Waals surface area contributed by atoms with Crippen molar-refractivity contribution >= 4 is 0 Å². The Morgan fingerprint density at radius 3 is 2.60 bits per heavy atom. The molecule has 0 aliphatic rings. The second-order valence-electron chi connectivity index (χ2n) is 4.23. The predicted octanol–water partition coefficient (Wildman–Crippen LogP) is 2.93. The number of methoxy groups -OCH3 is 1. The topological polar surface area (TPSA) is 35.2 Å². The van der Waals surface area contributed by atoms with Crippen molar-refractivity contribution in [2.24, 2.45) is 5.73 Å². The zero-order valence-electron chi connectivity index (χ0n) is 9.86. The van der Waals surface area contributed by atoms with Gasteiger partial charge in [0.2, 0.25) is 0 Å². The third kappa shape index (κ3) is 3.92. The molecular weight excluding hydrogens is 186 g/mol. The molecule has 2 atom stereocenters. The van der Waals surface area contributed by atoms with Crippen LogP contribution in [0.4, 0.5) is 0 Å². The van der Waals surface area contributed by atoms with E-state index in [1.807, 2.05) is 12.1 Å². The van der Waals surface area contributed by atoms with E-state index in [4.69, 9.17) is 10.5 Å². The first kappa shape index (κ1) is 12.1. The molecule has 0 aliphatic heterocycles. The highest BCUT2D eigenvalue weighted by molar-refractivity contribution is 5.30. The average molecular weight is 207 g/mol. The number of nitrogens with two attached hydrogens (primary N) is 1. The van der Waals surface area contributed by atoms with E-state index in [0.717, 1.165) is 18.6 Å². The average Bonchev–Trinajstić information content (AvgIpc) is 2.26. The fourth-order valence-corrected chi connectivity index (χ4v) is 1.63. The van der Waals surface area contributed by atoms with Gasteiger partial charge >= 0.3 is 0 Å². The van der Waals surface area contributed by atoms with E-state index in [2.05, 4.69) is 26.0 Å². The SMILES string of the molecule is COc1cccc(C(C)CCC(C)N)c1. The summed E-state index contributed by atoms with van der Waals surface area (Å²) in [6.07, 6.45) is 2.20. The van der Waals surface area contributed by atoms with E-state index < -0.39 is 0 Å². The first-order chi connectivity index (χ1) is 7.13. The molecule has 0 heterocycles. The summed E-state index contributed by atoms with van der Waals surface area (Å²) < 4.78 is 5.21. The van der Waals surface area contributed by atoms with Crippen molar-refractivity contribution < 1.29 is 4.74 Å². The van der Waals surface area contributed by atoms with Crippen molar-refractivity contribution in [3.05, 3.63) is 29.8 Å². The number of rotatable bonds is 5. The van der Waals surface area contributed by atoms with E-state index in [9.17, 15) is 0 Å². The largest absolute Gasteiger partial charge is 0.497 e. The number of benzene rings is 1. The highest BCUT2D eigenvalue weighted by atomic mass is 16.5. The van der Waals surface area contributed by atoms with Gasteiger partial charge in [-0.3, -0.25) is 0 Å². The van der Waals surface area contributed by atoms with Crippen LogP contribution in [0.15, 0.2) is 24.3 Å². The van der Waals surface area contributed by atoms with Crippen molar-refractivity contribution in [1.29, 1.82) is 0 Å². The molecule has 0 amide bonds. The summed E-state index contributed by atoms with van der Waals surface area (Å²) in [5.41, 5.74) is 7.08. The minimum absolute atomic E-state index is 0.290. The summed E-state index contributed by atoms with van der Waals surface area (Å²) in [7, 11) is 1.70. The quantitative estimate of drug-likeness (QED) is 0.805. The molecule has 1 rings (SSSR count). The minimum Gasteiger partial charge on any atom is -0.497 e. The molecule has 0 saturated heterocycles. The highest BCUT2D eigenvalue weighted by Gasteiger charge is 2.07. The van der Waals surface area contributed by atoms with Gasteiger partial charge in [0.25, 0.3) is 0 Å². The summed E-state index contributed by atoms with van der Waals surface area (Å²) in [6.45, 7) is 4.29. The molecule has 0 aromatic heterocycles. The summed E-state index contributed by atoms with van der Waals surface area (Å²) in [4.78, 5) is 0. The Labute approximate surface area is 92.4 Å². The van der Waals surface area contributed by atoms with Crippen LogP contribution in [0.3, 0.4) is 0 Å². The van der Waals surface area contributed by atoms with E-state index in [1.54, 1.807) is 7.11 Å².